The number of aromatic nitrogens is 3. The van der Waals surface area contributed by atoms with Crippen molar-refractivity contribution in [2.24, 2.45) is 7.05 Å². The van der Waals surface area contributed by atoms with Crippen LogP contribution in [0, 0.1) is 0 Å². The minimum Gasteiger partial charge on any atom is -0.321 e. The Kier molecular flexibility index (Phi) is 3.98. The number of imidazole rings is 1. The van der Waals surface area contributed by atoms with E-state index in [0.29, 0.717) is 5.82 Å². The smallest absolute Gasteiger partial charge is 0.180 e. The molecule has 2 rings (SSSR count). The number of hydrogen-bond acceptors (Lipinski definition) is 4. The topological polar surface area (TPSA) is 64.8 Å². The summed E-state index contributed by atoms with van der Waals surface area (Å²) in [6, 6.07) is 2.93. The van der Waals surface area contributed by atoms with Gasteiger partial charge in [-0.05, 0) is 28.1 Å². The molecule has 19 heavy (non-hydrogen) atoms. The van der Waals surface area contributed by atoms with Gasteiger partial charge in [-0.1, -0.05) is 18.5 Å². The Morgan fingerprint density at radius 3 is 2.63 bits per heavy atom. The highest BCUT2D eigenvalue weighted by Crippen LogP contribution is 2.28. The van der Waals surface area contributed by atoms with E-state index < -0.39 is 9.84 Å². The molecule has 0 fully saturated rings. The van der Waals surface area contributed by atoms with Gasteiger partial charge in [-0.15, -0.1) is 0 Å². The first kappa shape index (κ1) is 14.5. The second-order valence-corrected chi connectivity index (χ2v) is 7.29. The van der Waals surface area contributed by atoms with Crippen LogP contribution < -0.4 is 0 Å². The van der Waals surface area contributed by atoms with Gasteiger partial charge in [0.05, 0.1) is 16.8 Å². The molecular formula is C11H11BrClN3O2S. The molecule has 0 radical (unpaired) electrons. The van der Waals surface area contributed by atoms with Crippen LogP contribution in [0.3, 0.4) is 0 Å². The van der Waals surface area contributed by atoms with E-state index in [9.17, 15) is 8.42 Å². The Hall–Kier alpha value is -0.920. The zero-order valence-corrected chi connectivity index (χ0v) is 13.4. The van der Waals surface area contributed by atoms with E-state index in [1.54, 1.807) is 24.7 Å². The first-order valence-corrected chi connectivity index (χ1v) is 8.26. The molecule has 0 spiro atoms. The third kappa shape index (κ3) is 2.68. The molecule has 5 nitrogen and oxygen atoms in total. The van der Waals surface area contributed by atoms with Gasteiger partial charge in [0.25, 0.3) is 0 Å². The van der Waals surface area contributed by atoms with E-state index >= 15 is 0 Å². The van der Waals surface area contributed by atoms with Crippen LogP contribution >= 0.6 is 27.5 Å². The zero-order chi connectivity index (χ0) is 14.2. The summed E-state index contributed by atoms with van der Waals surface area (Å²) in [5.41, 5.74) is 0.266. The van der Waals surface area contributed by atoms with Gasteiger partial charge in [-0.25, -0.2) is 18.4 Å². The highest BCUT2D eigenvalue weighted by molar-refractivity contribution is 9.10. The predicted octanol–water partition coefficient (Wildman–Crippen LogP) is 2.69. The fourth-order valence-corrected chi connectivity index (χ4v) is 3.03. The lowest BCUT2D eigenvalue weighted by atomic mass is 10.3. The number of hydrogen-bond donors (Lipinski definition) is 0. The molecule has 2 heterocycles. The minimum atomic E-state index is -3.39. The van der Waals surface area contributed by atoms with Crippen molar-refractivity contribution in [1.29, 1.82) is 0 Å². The number of nitrogens with zero attached hydrogens (tertiary/aromatic N) is 3. The van der Waals surface area contributed by atoms with Gasteiger partial charge in [0.2, 0.25) is 0 Å². The molecule has 0 aliphatic heterocycles. The van der Waals surface area contributed by atoms with Crippen LogP contribution in [-0.4, -0.2) is 28.7 Å². The normalized spacial score (nSPS) is 11.8. The summed E-state index contributed by atoms with van der Waals surface area (Å²) in [5.74, 6) is 0.441. The van der Waals surface area contributed by atoms with E-state index in [2.05, 4.69) is 25.9 Å². The van der Waals surface area contributed by atoms with Crippen molar-refractivity contribution in [1.82, 2.24) is 14.5 Å². The monoisotopic (exact) mass is 363 g/mol. The van der Waals surface area contributed by atoms with Gasteiger partial charge in [0.15, 0.2) is 15.7 Å². The van der Waals surface area contributed by atoms with E-state index in [1.165, 1.54) is 12.1 Å². The average molecular weight is 365 g/mol. The molecule has 0 N–H and O–H groups in total. The first-order chi connectivity index (χ1) is 8.86. The van der Waals surface area contributed by atoms with Crippen molar-refractivity contribution in [2.75, 3.05) is 5.75 Å². The Labute approximate surface area is 124 Å². The maximum atomic E-state index is 12.1. The molecule has 0 saturated carbocycles. The van der Waals surface area contributed by atoms with Crippen LogP contribution in [0.15, 0.2) is 27.8 Å². The minimum absolute atomic E-state index is 0.00505. The third-order valence-corrected chi connectivity index (χ3v) is 5.39. The molecule has 0 unspecified atom stereocenters. The van der Waals surface area contributed by atoms with Gasteiger partial charge in [0, 0.05) is 7.05 Å². The van der Waals surface area contributed by atoms with Crippen molar-refractivity contribution in [3.05, 3.63) is 28.1 Å². The fourth-order valence-electron chi connectivity index (χ4n) is 1.60. The van der Waals surface area contributed by atoms with Crippen molar-refractivity contribution >= 4 is 37.4 Å². The predicted molar refractivity (Wildman–Crippen MR) is 76.9 cm³/mol. The van der Waals surface area contributed by atoms with Gasteiger partial charge in [0.1, 0.15) is 15.5 Å². The summed E-state index contributed by atoms with van der Waals surface area (Å²) in [5, 5.41) is 0.226. The average Bonchev–Trinajstić information content (AvgIpc) is 2.69. The molecule has 0 aromatic carbocycles. The second-order valence-electron chi connectivity index (χ2n) is 3.85. The van der Waals surface area contributed by atoms with Crippen molar-refractivity contribution in [3.63, 3.8) is 0 Å². The highest BCUT2D eigenvalue weighted by Gasteiger charge is 2.22. The number of rotatable bonds is 3. The Balaban J connectivity index is 2.76. The van der Waals surface area contributed by atoms with Crippen LogP contribution in [0.5, 0.6) is 0 Å². The summed E-state index contributed by atoms with van der Waals surface area (Å²) < 4.78 is 26.6. The van der Waals surface area contributed by atoms with Crippen LogP contribution in [0.4, 0.5) is 0 Å². The van der Waals surface area contributed by atoms with Gasteiger partial charge >= 0.3 is 0 Å². The quantitative estimate of drug-likeness (QED) is 0.786. The van der Waals surface area contributed by atoms with Crippen LogP contribution in [0.2, 0.25) is 5.15 Å². The molecule has 2 aromatic heterocycles. The first-order valence-electron chi connectivity index (χ1n) is 5.43. The lowest BCUT2D eigenvalue weighted by molar-refractivity contribution is 0.597. The largest absolute Gasteiger partial charge is 0.321 e. The number of sulfone groups is 1. The summed E-state index contributed by atoms with van der Waals surface area (Å²) in [6.07, 6.45) is 1.58. The Morgan fingerprint density at radius 1 is 1.42 bits per heavy atom. The Bertz CT molecular complexity index is 728. The molecule has 2 aromatic rings. The van der Waals surface area contributed by atoms with Crippen molar-refractivity contribution in [3.8, 4) is 11.5 Å². The van der Waals surface area contributed by atoms with Gasteiger partial charge in [-0.3, -0.25) is 0 Å². The van der Waals surface area contributed by atoms with Crippen LogP contribution in [0.25, 0.3) is 11.5 Å². The zero-order valence-electron chi connectivity index (χ0n) is 10.3. The lowest BCUT2D eigenvalue weighted by Crippen LogP contribution is -2.08. The van der Waals surface area contributed by atoms with Crippen molar-refractivity contribution in [2.45, 2.75) is 11.8 Å². The molecular weight excluding hydrogens is 354 g/mol. The summed E-state index contributed by atoms with van der Waals surface area (Å²) in [7, 11) is -1.63. The SMILES string of the molecule is CCS(=O)(=O)c1ccc(Cl)nc1-c1ncc(Br)n1C. The molecule has 102 valence electrons. The lowest BCUT2D eigenvalue weighted by Gasteiger charge is -2.09. The van der Waals surface area contributed by atoms with Gasteiger partial charge in [-0.2, -0.15) is 0 Å². The Morgan fingerprint density at radius 2 is 2.11 bits per heavy atom. The summed E-state index contributed by atoms with van der Waals surface area (Å²) in [4.78, 5) is 8.42. The van der Waals surface area contributed by atoms with E-state index in [-0.39, 0.29) is 21.5 Å². The molecule has 0 amide bonds. The highest BCUT2D eigenvalue weighted by atomic mass is 79.9. The van der Waals surface area contributed by atoms with Gasteiger partial charge < -0.3 is 4.57 Å². The van der Waals surface area contributed by atoms with E-state index in [0.717, 1.165) is 4.60 Å². The maximum Gasteiger partial charge on any atom is 0.180 e. The van der Waals surface area contributed by atoms with E-state index in [1.807, 2.05) is 0 Å². The molecule has 8 heteroatoms. The van der Waals surface area contributed by atoms with Crippen LogP contribution in [-0.2, 0) is 16.9 Å². The summed E-state index contributed by atoms with van der Waals surface area (Å²) in [6.45, 7) is 1.59. The molecule has 0 saturated heterocycles. The molecule has 0 aliphatic carbocycles. The molecule has 0 atom stereocenters. The number of pyridine rings is 1. The standard InChI is InChI=1S/C11H11BrClN3O2S/c1-3-19(17,18)7-4-5-9(13)15-10(7)11-14-6-8(12)16(11)2/h4-6H,3H2,1-2H3. The maximum absolute atomic E-state index is 12.1. The summed E-state index contributed by atoms with van der Waals surface area (Å²) >= 11 is 9.18. The van der Waals surface area contributed by atoms with E-state index in [4.69, 9.17) is 11.6 Å². The fraction of sp³-hybridized carbons (Fsp3) is 0.273. The number of halogens is 2. The van der Waals surface area contributed by atoms with Crippen LogP contribution in [0.1, 0.15) is 6.92 Å². The third-order valence-electron chi connectivity index (χ3n) is 2.68. The molecule has 0 aliphatic rings. The molecule has 0 bridgehead atoms. The van der Waals surface area contributed by atoms with Crippen molar-refractivity contribution < 1.29 is 8.42 Å². The second kappa shape index (κ2) is 5.22.